The maximum Gasteiger partial charge on any atom is 0.244 e. The normalized spacial score (nSPS) is 31.2. The van der Waals surface area contributed by atoms with E-state index in [-0.39, 0.29) is 35.5 Å². The molecule has 0 saturated carbocycles. The van der Waals surface area contributed by atoms with Gasteiger partial charge in [-0.3, -0.25) is 14.4 Å². The lowest BCUT2D eigenvalue weighted by Crippen LogP contribution is -2.58. The third-order valence-corrected chi connectivity index (χ3v) is 10.2. The van der Waals surface area contributed by atoms with Crippen LogP contribution < -0.4 is 10.6 Å². The van der Waals surface area contributed by atoms with Gasteiger partial charge in [-0.2, -0.15) is 0 Å². The molecule has 36 heavy (non-hydrogen) atoms. The molecule has 0 aliphatic carbocycles. The second-order valence-corrected chi connectivity index (χ2v) is 11.8. The molecule has 0 radical (unpaired) electrons. The fraction of sp³-hybridized carbons (Fsp3) is 0.464. The van der Waals surface area contributed by atoms with Crippen LogP contribution in [-0.2, 0) is 27.5 Å². The smallest absolute Gasteiger partial charge is 0.244 e. The van der Waals surface area contributed by atoms with Gasteiger partial charge in [0.2, 0.25) is 17.7 Å². The molecular formula is C28H33N3O4S. The Morgan fingerprint density at radius 3 is 2.14 bits per heavy atom. The number of fused-ring (bicyclic) bond motifs is 1. The first kappa shape index (κ1) is 24.8. The van der Waals surface area contributed by atoms with Crippen LogP contribution in [0.25, 0.3) is 0 Å². The van der Waals surface area contributed by atoms with Gasteiger partial charge in [0.25, 0.3) is 0 Å². The van der Waals surface area contributed by atoms with E-state index in [9.17, 15) is 19.5 Å². The highest BCUT2D eigenvalue weighted by molar-refractivity contribution is 8.02. The van der Waals surface area contributed by atoms with Crippen molar-refractivity contribution in [3.63, 3.8) is 0 Å². The average Bonchev–Trinajstić information content (AvgIpc) is 3.50. The van der Waals surface area contributed by atoms with Crippen LogP contribution in [0.3, 0.4) is 0 Å². The molecule has 0 aromatic heterocycles. The number of aliphatic hydroxyl groups excluding tert-OH is 1. The van der Waals surface area contributed by atoms with Crippen molar-refractivity contribution in [2.24, 2.45) is 17.8 Å². The summed E-state index contributed by atoms with van der Waals surface area (Å²) in [6.45, 7) is 4.37. The molecule has 190 valence electrons. The van der Waals surface area contributed by atoms with E-state index in [4.69, 9.17) is 0 Å². The first-order valence-corrected chi connectivity index (χ1v) is 13.5. The lowest BCUT2D eigenvalue weighted by atomic mass is 9.66. The molecule has 7 nitrogen and oxygen atoms in total. The fourth-order valence-electron chi connectivity index (χ4n) is 6.41. The van der Waals surface area contributed by atoms with Crippen molar-refractivity contribution in [2.75, 3.05) is 6.61 Å². The van der Waals surface area contributed by atoms with Gasteiger partial charge >= 0.3 is 0 Å². The molecule has 3 N–H and O–H groups in total. The number of likely N-dealkylation sites (tertiary alicyclic amines) is 1. The molecule has 2 aromatic carbocycles. The van der Waals surface area contributed by atoms with Crippen molar-refractivity contribution in [3.05, 3.63) is 71.8 Å². The molecule has 3 amide bonds. The summed E-state index contributed by atoms with van der Waals surface area (Å²) >= 11 is 1.64. The number of benzene rings is 2. The maximum atomic E-state index is 13.9. The highest BCUT2D eigenvalue weighted by Gasteiger charge is 2.76. The van der Waals surface area contributed by atoms with Crippen LogP contribution in [0.2, 0.25) is 0 Å². The molecule has 5 rings (SSSR count). The maximum absolute atomic E-state index is 13.9. The topological polar surface area (TPSA) is 98.7 Å². The number of carbonyl (C=O) groups is 3. The second kappa shape index (κ2) is 9.90. The highest BCUT2D eigenvalue weighted by Crippen LogP contribution is 2.68. The number of amides is 3. The molecule has 3 aliphatic rings. The Morgan fingerprint density at radius 1 is 1.03 bits per heavy atom. The average molecular weight is 508 g/mol. The van der Waals surface area contributed by atoms with Gasteiger partial charge in [-0.25, -0.2) is 0 Å². The third kappa shape index (κ3) is 4.00. The Labute approximate surface area is 216 Å². The van der Waals surface area contributed by atoms with Gasteiger partial charge in [-0.1, -0.05) is 67.6 Å². The van der Waals surface area contributed by atoms with Gasteiger partial charge in [0.1, 0.15) is 6.04 Å². The van der Waals surface area contributed by atoms with Crippen LogP contribution in [0, 0.1) is 17.8 Å². The summed E-state index contributed by atoms with van der Waals surface area (Å²) in [7, 11) is 0. The van der Waals surface area contributed by atoms with Gasteiger partial charge in [-0.15, -0.1) is 11.8 Å². The molecule has 1 spiro atoms. The van der Waals surface area contributed by atoms with E-state index < -0.39 is 28.7 Å². The molecule has 2 aromatic rings. The minimum atomic E-state index is -0.738. The fourth-order valence-corrected chi connectivity index (χ4v) is 8.81. The van der Waals surface area contributed by atoms with E-state index in [0.29, 0.717) is 13.1 Å². The highest BCUT2D eigenvalue weighted by atomic mass is 32.2. The molecule has 8 heteroatoms. The Morgan fingerprint density at radius 2 is 1.58 bits per heavy atom. The molecule has 2 bridgehead atoms. The summed E-state index contributed by atoms with van der Waals surface area (Å²) in [6, 6.07) is 18.1. The minimum Gasteiger partial charge on any atom is -0.394 e. The summed E-state index contributed by atoms with van der Waals surface area (Å²) in [6.07, 6.45) is 0.779. The van der Waals surface area contributed by atoms with Crippen LogP contribution in [0.4, 0.5) is 0 Å². The number of nitrogens with zero attached hydrogens (tertiary/aromatic N) is 1. The number of hydrogen-bond donors (Lipinski definition) is 3. The second-order valence-electron chi connectivity index (χ2n) is 10.2. The zero-order chi connectivity index (χ0) is 25.4. The largest absolute Gasteiger partial charge is 0.394 e. The van der Waals surface area contributed by atoms with Crippen molar-refractivity contribution in [2.45, 2.75) is 55.4 Å². The Balaban J connectivity index is 1.43. The van der Waals surface area contributed by atoms with Gasteiger partial charge in [-0.05, 0) is 30.4 Å². The molecular weight excluding hydrogens is 474 g/mol. The summed E-state index contributed by atoms with van der Waals surface area (Å²) < 4.78 is -0.694. The van der Waals surface area contributed by atoms with Crippen LogP contribution in [0.15, 0.2) is 60.7 Å². The SMILES string of the molecule is CC1C[C@@H]2SC13C(C(=O)NCc1ccccc1)N([C@H](C)CO)C(=O)[C@@H]3[C@@H]2C(=O)NCc1ccccc1. The van der Waals surface area contributed by atoms with Crippen molar-refractivity contribution in [1.29, 1.82) is 0 Å². The number of aliphatic hydroxyl groups is 1. The third-order valence-electron chi connectivity index (χ3n) is 8.09. The van der Waals surface area contributed by atoms with E-state index in [1.807, 2.05) is 60.7 Å². The van der Waals surface area contributed by atoms with Crippen molar-refractivity contribution in [1.82, 2.24) is 15.5 Å². The van der Waals surface area contributed by atoms with Gasteiger partial charge in [0.05, 0.1) is 29.2 Å². The molecule has 7 atom stereocenters. The number of nitrogens with one attached hydrogen (secondary N) is 2. The Hall–Kier alpha value is -2.84. The van der Waals surface area contributed by atoms with Crippen LogP contribution in [0.1, 0.15) is 31.4 Å². The summed E-state index contributed by atoms with van der Waals surface area (Å²) in [5.41, 5.74) is 1.97. The lowest BCUT2D eigenvalue weighted by molar-refractivity contribution is -0.142. The van der Waals surface area contributed by atoms with E-state index in [0.717, 1.165) is 17.5 Å². The van der Waals surface area contributed by atoms with Crippen LogP contribution in [0.5, 0.6) is 0 Å². The van der Waals surface area contributed by atoms with Crippen molar-refractivity contribution in [3.8, 4) is 0 Å². The molecule has 3 fully saturated rings. The van der Waals surface area contributed by atoms with Crippen LogP contribution in [-0.4, -0.2) is 56.4 Å². The minimum absolute atomic E-state index is 0.0132. The standard InChI is InChI=1S/C28H33N3O4S/c1-17-13-21-22(25(33)29-14-19-9-5-3-6-10-19)23-27(35)31(18(2)16-32)24(28(17,23)36-21)26(34)30-15-20-11-7-4-8-12-20/h3-12,17-18,21-24,32H,13-16H2,1-2H3,(H,29,33)(H,30,34)/t17?,18-,21+,22-,23+,24?,28?/m1/s1. The van der Waals surface area contributed by atoms with Crippen molar-refractivity contribution < 1.29 is 19.5 Å². The molecule has 3 unspecified atom stereocenters. The quantitative estimate of drug-likeness (QED) is 0.510. The van der Waals surface area contributed by atoms with Gasteiger partial charge in [0, 0.05) is 18.3 Å². The van der Waals surface area contributed by atoms with Crippen molar-refractivity contribution >= 4 is 29.5 Å². The first-order valence-electron chi connectivity index (χ1n) is 12.6. The van der Waals surface area contributed by atoms with E-state index in [1.165, 1.54) is 0 Å². The van der Waals surface area contributed by atoms with E-state index >= 15 is 0 Å². The Bertz CT molecular complexity index is 1130. The summed E-state index contributed by atoms with van der Waals surface area (Å²) in [4.78, 5) is 42.7. The molecule has 3 saturated heterocycles. The molecule has 3 aliphatic heterocycles. The lowest BCUT2D eigenvalue weighted by Gasteiger charge is -2.39. The monoisotopic (exact) mass is 507 g/mol. The van der Waals surface area contributed by atoms with E-state index in [2.05, 4.69) is 17.6 Å². The zero-order valence-electron chi connectivity index (χ0n) is 20.6. The number of rotatable bonds is 8. The predicted molar refractivity (Wildman–Crippen MR) is 139 cm³/mol. The molecule has 3 heterocycles. The number of thioether (sulfide) groups is 1. The van der Waals surface area contributed by atoms with Gasteiger partial charge < -0.3 is 20.6 Å². The van der Waals surface area contributed by atoms with E-state index in [1.54, 1.807) is 23.6 Å². The number of hydrogen-bond acceptors (Lipinski definition) is 5. The summed E-state index contributed by atoms with van der Waals surface area (Å²) in [5.74, 6) is -1.55. The van der Waals surface area contributed by atoms with Gasteiger partial charge in [0.15, 0.2) is 0 Å². The number of carbonyl (C=O) groups excluding carboxylic acids is 3. The zero-order valence-corrected chi connectivity index (χ0v) is 21.4. The van der Waals surface area contributed by atoms with Crippen LogP contribution >= 0.6 is 11.8 Å². The Kier molecular flexibility index (Phi) is 6.83. The predicted octanol–water partition coefficient (Wildman–Crippen LogP) is 2.34. The first-order chi connectivity index (χ1) is 17.4. The summed E-state index contributed by atoms with van der Waals surface area (Å²) in [5, 5.41) is 16.1.